The highest BCUT2D eigenvalue weighted by molar-refractivity contribution is 5.82. The maximum atomic E-state index is 11.6. The summed E-state index contributed by atoms with van der Waals surface area (Å²) in [6, 6.07) is 0.0375. The smallest absolute Gasteiger partial charge is 0.407 e. The number of rotatable bonds is 3. The molecule has 5 heteroatoms. The molecule has 1 saturated carbocycles. The third-order valence-corrected chi connectivity index (χ3v) is 2.65. The van der Waals surface area contributed by atoms with Crippen LogP contribution in [-0.2, 0) is 14.3 Å². The van der Waals surface area contributed by atoms with E-state index in [-0.39, 0.29) is 12.0 Å². The maximum Gasteiger partial charge on any atom is 0.407 e. The summed E-state index contributed by atoms with van der Waals surface area (Å²) in [6.45, 7) is 7.63. The van der Waals surface area contributed by atoms with Gasteiger partial charge in [-0.1, -0.05) is 5.57 Å². The summed E-state index contributed by atoms with van der Waals surface area (Å²) in [6.07, 6.45) is 3.43. The molecule has 0 aromatic carbocycles. The van der Waals surface area contributed by atoms with Gasteiger partial charge in [-0.3, -0.25) is 0 Å². The SMILES string of the molecule is CCOC(=O)C=C1CCC(NC(=O)OC(C)(C)C)C1. The van der Waals surface area contributed by atoms with E-state index in [2.05, 4.69) is 5.32 Å². The molecule has 5 nitrogen and oxygen atoms in total. The van der Waals surface area contributed by atoms with Gasteiger partial charge in [-0.15, -0.1) is 0 Å². The van der Waals surface area contributed by atoms with Crippen molar-refractivity contribution in [3.05, 3.63) is 11.6 Å². The lowest BCUT2D eigenvalue weighted by atomic mass is 10.2. The minimum atomic E-state index is -0.494. The Morgan fingerprint density at radius 2 is 2.11 bits per heavy atom. The summed E-state index contributed by atoms with van der Waals surface area (Å²) >= 11 is 0. The number of hydrogen-bond donors (Lipinski definition) is 1. The molecule has 1 N–H and O–H groups in total. The number of amides is 1. The van der Waals surface area contributed by atoms with E-state index in [1.54, 1.807) is 6.92 Å². The zero-order valence-electron chi connectivity index (χ0n) is 12.1. The van der Waals surface area contributed by atoms with Gasteiger partial charge in [0.15, 0.2) is 0 Å². The fourth-order valence-corrected chi connectivity index (χ4v) is 1.96. The van der Waals surface area contributed by atoms with E-state index in [0.717, 1.165) is 18.4 Å². The maximum absolute atomic E-state index is 11.6. The Morgan fingerprint density at radius 1 is 1.42 bits per heavy atom. The zero-order chi connectivity index (χ0) is 14.5. The van der Waals surface area contributed by atoms with E-state index >= 15 is 0 Å². The number of nitrogens with one attached hydrogen (secondary N) is 1. The van der Waals surface area contributed by atoms with Crippen LogP contribution < -0.4 is 5.32 Å². The normalized spacial score (nSPS) is 21.3. The lowest BCUT2D eigenvalue weighted by Gasteiger charge is -2.21. The summed E-state index contributed by atoms with van der Waals surface area (Å²) in [5.74, 6) is -0.310. The van der Waals surface area contributed by atoms with Gasteiger partial charge in [-0.25, -0.2) is 9.59 Å². The second-order valence-corrected chi connectivity index (χ2v) is 5.64. The van der Waals surface area contributed by atoms with Gasteiger partial charge in [0, 0.05) is 12.1 Å². The van der Waals surface area contributed by atoms with E-state index < -0.39 is 11.7 Å². The molecule has 0 aliphatic heterocycles. The van der Waals surface area contributed by atoms with Crippen LogP contribution in [0, 0.1) is 0 Å². The van der Waals surface area contributed by atoms with Crippen LogP contribution in [0.2, 0.25) is 0 Å². The summed E-state index contributed by atoms with van der Waals surface area (Å²) in [4.78, 5) is 22.9. The first-order valence-electron chi connectivity index (χ1n) is 6.66. The minimum absolute atomic E-state index is 0.0375. The van der Waals surface area contributed by atoms with E-state index in [1.165, 1.54) is 6.08 Å². The van der Waals surface area contributed by atoms with E-state index in [9.17, 15) is 9.59 Å². The highest BCUT2D eigenvalue weighted by Crippen LogP contribution is 2.25. The lowest BCUT2D eigenvalue weighted by Crippen LogP contribution is -2.37. The van der Waals surface area contributed by atoms with E-state index in [0.29, 0.717) is 13.0 Å². The molecule has 1 amide bonds. The van der Waals surface area contributed by atoms with Gasteiger partial charge >= 0.3 is 12.1 Å². The highest BCUT2D eigenvalue weighted by atomic mass is 16.6. The predicted octanol–water partition coefficient (Wildman–Crippen LogP) is 2.55. The van der Waals surface area contributed by atoms with Crippen LogP contribution in [0.3, 0.4) is 0 Å². The lowest BCUT2D eigenvalue weighted by molar-refractivity contribution is -0.137. The second kappa shape index (κ2) is 6.59. The van der Waals surface area contributed by atoms with Gasteiger partial charge < -0.3 is 14.8 Å². The standard InChI is InChI=1S/C14H23NO4/c1-5-18-12(16)9-10-6-7-11(8-10)15-13(17)19-14(2,3)4/h9,11H,5-8H2,1-4H3,(H,15,17). The summed E-state index contributed by atoms with van der Waals surface area (Å²) in [5, 5.41) is 2.82. The molecule has 0 radical (unpaired) electrons. The van der Waals surface area contributed by atoms with Crippen LogP contribution in [0.15, 0.2) is 11.6 Å². The molecule has 0 bridgehead atoms. The van der Waals surface area contributed by atoms with Gasteiger partial charge in [0.2, 0.25) is 0 Å². The third-order valence-electron chi connectivity index (χ3n) is 2.65. The Balaban J connectivity index is 2.40. The molecule has 1 unspecified atom stereocenters. The Labute approximate surface area is 114 Å². The molecule has 0 spiro atoms. The van der Waals surface area contributed by atoms with Crippen LogP contribution >= 0.6 is 0 Å². The first kappa shape index (κ1) is 15.5. The molecule has 108 valence electrons. The summed E-state index contributed by atoms with van der Waals surface area (Å²) in [5.41, 5.74) is 0.520. The van der Waals surface area contributed by atoms with Crippen LogP contribution in [-0.4, -0.2) is 30.3 Å². The highest BCUT2D eigenvalue weighted by Gasteiger charge is 2.24. The van der Waals surface area contributed by atoms with Crippen LogP contribution in [0.1, 0.15) is 47.0 Å². The number of esters is 1. The van der Waals surface area contributed by atoms with Gasteiger partial charge in [0.05, 0.1) is 6.61 Å². The molecule has 0 aromatic heterocycles. The summed E-state index contributed by atoms with van der Waals surface area (Å²) in [7, 11) is 0. The molecule has 1 aliphatic rings. The molecule has 1 aliphatic carbocycles. The van der Waals surface area contributed by atoms with Gasteiger partial charge in [-0.2, -0.15) is 0 Å². The van der Waals surface area contributed by atoms with Crippen LogP contribution in [0.4, 0.5) is 4.79 Å². The molecular weight excluding hydrogens is 246 g/mol. The summed E-state index contributed by atoms with van der Waals surface area (Å²) < 4.78 is 10.1. The third kappa shape index (κ3) is 6.27. The number of hydrogen-bond acceptors (Lipinski definition) is 4. The average Bonchev–Trinajstić information content (AvgIpc) is 2.62. The van der Waals surface area contributed by atoms with E-state index in [1.807, 2.05) is 20.8 Å². The van der Waals surface area contributed by atoms with Crippen molar-refractivity contribution in [1.29, 1.82) is 0 Å². The van der Waals surface area contributed by atoms with Crippen molar-refractivity contribution in [2.45, 2.75) is 58.6 Å². The van der Waals surface area contributed by atoms with Crippen molar-refractivity contribution in [3.63, 3.8) is 0 Å². The Morgan fingerprint density at radius 3 is 2.68 bits per heavy atom. The number of carbonyl (C=O) groups is 2. The Hall–Kier alpha value is -1.52. The van der Waals surface area contributed by atoms with Crippen LogP contribution in [0.25, 0.3) is 0 Å². The number of ether oxygens (including phenoxy) is 2. The molecular formula is C14H23NO4. The first-order valence-corrected chi connectivity index (χ1v) is 6.66. The minimum Gasteiger partial charge on any atom is -0.463 e. The predicted molar refractivity (Wildman–Crippen MR) is 71.7 cm³/mol. The quantitative estimate of drug-likeness (QED) is 0.631. The van der Waals surface area contributed by atoms with Crippen molar-refractivity contribution in [1.82, 2.24) is 5.32 Å². The van der Waals surface area contributed by atoms with E-state index in [4.69, 9.17) is 9.47 Å². The van der Waals surface area contributed by atoms with Crippen molar-refractivity contribution in [3.8, 4) is 0 Å². The average molecular weight is 269 g/mol. The van der Waals surface area contributed by atoms with Crippen molar-refractivity contribution in [2.75, 3.05) is 6.61 Å². The molecule has 1 fully saturated rings. The van der Waals surface area contributed by atoms with Gasteiger partial charge in [-0.05, 0) is 47.0 Å². The zero-order valence-corrected chi connectivity index (χ0v) is 12.1. The fraction of sp³-hybridized carbons (Fsp3) is 0.714. The molecule has 0 heterocycles. The van der Waals surface area contributed by atoms with Crippen molar-refractivity contribution in [2.24, 2.45) is 0 Å². The van der Waals surface area contributed by atoms with Gasteiger partial charge in [0.1, 0.15) is 5.60 Å². The second-order valence-electron chi connectivity index (χ2n) is 5.64. The monoisotopic (exact) mass is 269 g/mol. The molecule has 1 atom stereocenters. The first-order chi connectivity index (χ1) is 8.80. The topological polar surface area (TPSA) is 64.6 Å². The fourth-order valence-electron chi connectivity index (χ4n) is 1.96. The Kier molecular flexibility index (Phi) is 5.39. The van der Waals surface area contributed by atoms with Crippen molar-refractivity contribution >= 4 is 12.1 Å². The van der Waals surface area contributed by atoms with Gasteiger partial charge in [0.25, 0.3) is 0 Å². The molecule has 0 aromatic rings. The Bertz CT molecular complexity index is 368. The molecule has 0 saturated heterocycles. The molecule has 19 heavy (non-hydrogen) atoms. The van der Waals surface area contributed by atoms with Crippen molar-refractivity contribution < 1.29 is 19.1 Å². The van der Waals surface area contributed by atoms with Crippen LogP contribution in [0.5, 0.6) is 0 Å². The largest absolute Gasteiger partial charge is 0.463 e. The molecule has 1 rings (SSSR count). The number of carbonyl (C=O) groups excluding carboxylic acids is 2. The number of alkyl carbamates (subject to hydrolysis) is 1.